The highest BCUT2D eigenvalue weighted by molar-refractivity contribution is 5.98. The van der Waals surface area contributed by atoms with Crippen molar-refractivity contribution in [3.8, 4) is 34.1 Å². The molecule has 64 heavy (non-hydrogen) atoms. The van der Waals surface area contributed by atoms with Gasteiger partial charge in [-0.15, -0.1) is 0 Å². The van der Waals surface area contributed by atoms with Crippen LogP contribution in [0.3, 0.4) is 0 Å². The van der Waals surface area contributed by atoms with E-state index in [4.69, 9.17) is 18.9 Å². The molecule has 0 amide bonds. The SMILES string of the molecule is CCCCCCCCCCOc1ccc(C(=O)Cc2[nH]ncc2-c2ccc(OCCCCCCCCCC)c(OCCCCCCCCCC)c2)cc1OCCCCCCCCCC. The average Bonchev–Trinajstić information content (AvgIpc) is 3.77. The van der Waals surface area contributed by atoms with Gasteiger partial charge in [0.25, 0.3) is 0 Å². The van der Waals surface area contributed by atoms with Crippen LogP contribution in [0.1, 0.15) is 249 Å². The summed E-state index contributed by atoms with van der Waals surface area (Å²) in [7, 11) is 0. The number of ketones is 1. The molecule has 0 fully saturated rings. The number of nitrogens with one attached hydrogen (secondary N) is 1. The number of carbonyl (C=O) groups is 1. The third kappa shape index (κ3) is 24.7. The van der Waals surface area contributed by atoms with Crippen LogP contribution in [0.5, 0.6) is 23.0 Å². The van der Waals surface area contributed by atoms with Crippen molar-refractivity contribution in [1.82, 2.24) is 10.2 Å². The van der Waals surface area contributed by atoms with Crippen LogP contribution in [0, 0.1) is 0 Å². The van der Waals surface area contributed by atoms with Gasteiger partial charge in [-0.1, -0.05) is 214 Å². The Balaban J connectivity index is 1.66. The fourth-order valence-corrected chi connectivity index (χ4v) is 8.45. The zero-order chi connectivity index (χ0) is 45.6. The fourth-order valence-electron chi connectivity index (χ4n) is 8.45. The normalized spacial score (nSPS) is 11.3. The maximum Gasteiger partial charge on any atom is 0.168 e. The second-order valence-corrected chi connectivity index (χ2v) is 18.5. The molecule has 0 unspecified atom stereocenters. The predicted molar refractivity (Wildman–Crippen MR) is 271 cm³/mol. The van der Waals surface area contributed by atoms with E-state index in [1.807, 2.05) is 30.5 Å². The Kier molecular flexibility index (Phi) is 32.3. The molecule has 362 valence electrons. The summed E-state index contributed by atoms with van der Waals surface area (Å²) in [6.45, 7) is 11.7. The van der Waals surface area contributed by atoms with Crippen LogP contribution < -0.4 is 18.9 Å². The number of carbonyl (C=O) groups excluding carboxylic acids is 1. The van der Waals surface area contributed by atoms with Crippen molar-refractivity contribution in [3.63, 3.8) is 0 Å². The van der Waals surface area contributed by atoms with E-state index in [1.165, 1.54) is 173 Å². The van der Waals surface area contributed by atoms with Crippen LogP contribution in [-0.4, -0.2) is 42.4 Å². The van der Waals surface area contributed by atoms with Crippen LogP contribution in [0.15, 0.2) is 42.6 Å². The Hall–Kier alpha value is -3.48. The summed E-state index contributed by atoms with van der Waals surface area (Å²) in [5.74, 6) is 2.95. The van der Waals surface area contributed by atoms with E-state index >= 15 is 0 Å². The highest BCUT2D eigenvalue weighted by Gasteiger charge is 2.18. The summed E-state index contributed by atoms with van der Waals surface area (Å²) in [5.41, 5.74) is 3.26. The van der Waals surface area contributed by atoms with Gasteiger partial charge < -0.3 is 18.9 Å². The number of aromatic amines is 1. The lowest BCUT2D eigenvalue weighted by Crippen LogP contribution is -2.08. The van der Waals surface area contributed by atoms with Crippen molar-refractivity contribution in [2.45, 2.75) is 240 Å². The number of H-pyrrole nitrogens is 1. The molecular formula is C57H94N2O5. The van der Waals surface area contributed by atoms with Gasteiger partial charge in [-0.3, -0.25) is 9.89 Å². The molecule has 0 saturated carbocycles. The van der Waals surface area contributed by atoms with Crippen molar-refractivity contribution in [2.24, 2.45) is 0 Å². The lowest BCUT2D eigenvalue weighted by Gasteiger charge is -2.15. The van der Waals surface area contributed by atoms with Crippen LogP contribution in [-0.2, 0) is 6.42 Å². The molecule has 7 heteroatoms. The Morgan fingerprint density at radius 3 is 1.17 bits per heavy atom. The van der Waals surface area contributed by atoms with Crippen molar-refractivity contribution >= 4 is 5.78 Å². The molecule has 1 aromatic heterocycles. The van der Waals surface area contributed by atoms with E-state index in [-0.39, 0.29) is 12.2 Å². The molecule has 2 aromatic carbocycles. The largest absolute Gasteiger partial charge is 0.490 e. The van der Waals surface area contributed by atoms with E-state index in [1.54, 1.807) is 0 Å². The van der Waals surface area contributed by atoms with Crippen molar-refractivity contribution < 1.29 is 23.7 Å². The Morgan fingerprint density at radius 1 is 0.422 bits per heavy atom. The second-order valence-electron chi connectivity index (χ2n) is 18.5. The molecule has 3 aromatic rings. The van der Waals surface area contributed by atoms with E-state index in [2.05, 4.69) is 50.0 Å². The van der Waals surface area contributed by atoms with Crippen molar-refractivity contribution in [1.29, 1.82) is 0 Å². The number of hydrogen-bond donors (Lipinski definition) is 1. The van der Waals surface area contributed by atoms with Gasteiger partial charge in [0.15, 0.2) is 28.8 Å². The number of Topliss-reactive ketones (excluding diaryl/α,β-unsaturated/α-hetero) is 1. The predicted octanol–water partition coefficient (Wildman–Crippen LogP) is 17.6. The van der Waals surface area contributed by atoms with Crippen LogP contribution in [0.4, 0.5) is 0 Å². The number of rotatable bonds is 44. The molecule has 1 N–H and O–H groups in total. The van der Waals surface area contributed by atoms with Gasteiger partial charge in [0, 0.05) is 11.1 Å². The number of hydrogen-bond acceptors (Lipinski definition) is 6. The van der Waals surface area contributed by atoms with Gasteiger partial charge in [0.05, 0.1) is 44.7 Å². The van der Waals surface area contributed by atoms with E-state index in [0.29, 0.717) is 37.7 Å². The minimum absolute atomic E-state index is 0.00790. The highest BCUT2D eigenvalue weighted by Crippen LogP contribution is 2.35. The first-order valence-electron chi connectivity index (χ1n) is 27.0. The molecular weight excluding hydrogens is 793 g/mol. The Labute approximate surface area is 392 Å². The number of ether oxygens (including phenoxy) is 4. The third-order valence-corrected chi connectivity index (χ3v) is 12.6. The quantitative estimate of drug-likeness (QED) is 0.0450. The molecule has 1 heterocycles. The number of aromatic nitrogens is 2. The zero-order valence-corrected chi connectivity index (χ0v) is 41.7. The van der Waals surface area contributed by atoms with Gasteiger partial charge in [-0.25, -0.2) is 0 Å². The smallest absolute Gasteiger partial charge is 0.168 e. The summed E-state index contributed by atoms with van der Waals surface area (Å²) < 4.78 is 25.5. The molecule has 0 saturated heterocycles. The number of unbranched alkanes of at least 4 members (excludes halogenated alkanes) is 28. The molecule has 7 nitrogen and oxygen atoms in total. The molecule has 0 aliphatic heterocycles. The maximum absolute atomic E-state index is 14.0. The van der Waals surface area contributed by atoms with Gasteiger partial charge in [0.1, 0.15) is 0 Å². The first kappa shape index (κ1) is 54.9. The first-order valence-corrected chi connectivity index (χ1v) is 27.0. The van der Waals surface area contributed by atoms with Gasteiger partial charge in [0.2, 0.25) is 0 Å². The van der Waals surface area contributed by atoms with Gasteiger partial charge in [-0.05, 0) is 61.6 Å². The summed E-state index contributed by atoms with van der Waals surface area (Å²) in [5, 5.41) is 7.57. The fraction of sp³-hybridized carbons (Fsp3) is 0.719. The zero-order valence-electron chi connectivity index (χ0n) is 41.7. The van der Waals surface area contributed by atoms with Crippen molar-refractivity contribution in [2.75, 3.05) is 26.4 Å². The summed E-state index contributed by atoms with van der Waals surface area (Å²) in [4.78, 5) is 14.0. The van der Waals surface area contributed by atoms with Crippen LogP contribution in [0.25, 0.3) is 11.1 Å². The number of nitrogens with zero attached hydrogens (tertiary/aromatic N) is 1. The molecule has 0 atom stereocenters. The van der Waals surface area contributed by atoms with Crippen LogP contribution >= 0.6 is 0 Å². The van der Waals surface area contributed by atoms with Crippen molar-refractivity contribution in [3.05, 3.63) is 53.9 Å². The minimum atomic E-state index is 0.00790. The summed E-state index contributed by atoms with van der Waals surface area (Å²) in [6.07, 6.45) is 42.2. The highest BCUT2D eigenvalue weighted by atomic mass is 16.5. The average molecular weight is 887 g/mol. The molecule has 0 spiro atoms. The monoisotopic (exact) mass is 887 g/mol. The van der Waals surface area contributed by atoms with E-state index in [9.17, 15) is 4.79 Å². The molecule has 3 rings (SSSR count). The van der Waals surface area contributed by atoms with Crippen LogP contribution in [0.2, 0.25) is 0 Å². The molecule has 0 bridgehead atoms. The van der Waals surface area contributed by atoms with E-state index in [0.717, 1.165) is 66.2 Å². The second kappa shape index (κ2) is 37.7. The van der Waals surface area contributed by atoms with Gasteiger partial charge >= 0.3 is 0 Å². The Morgan fingerprint density at radius 2 is 0.766 bits per heavy atom. The lowest BCUT2D eigenvalue weighted by atomic mass is 10.00. The van der Waals surface area contributed by atoms with E-state index < -0.39 is 0 Å². The third-order valence-electron chi connectivity index (χ3n) is 12.6. The summed E-state index contributed by atoms with van der Waals surface area (Å²) >= 11 is 0. The Bertz CT molecular complexity index is 1570. The van der Waals surface area contributed by atoms with Gasteiger partial charge in [-0.2, -0.15) is 5.10 Å². The lowest BCUT2D eigenvalue weighted by molar-refractivity contribution is 0.0991. The standard InChI is InChI=1S/C57H94N2O5/c1-5-9-13-17-21-25-29-33-41-61-54-39-37-49(45-56(54)63-43-35-31-27-23-19-15-11-7-3)51-48-58-59-52(51)47-53(60)50-38-40-55(62-42-34-30-26-22-18-14-10-6-2)57(46-50)64-44-36-32-28-24-20-16-12-8-4/h37-40,45-46,48H,5-36,41-44,47H2,1-4H3,(H,58,59). The first-order chi connectivity index (χ1) is 31.6. The molecule has 0 radical (unpaired) electrons. The maximum atomic E-state index is 14.0. The number of benzene rings is 2. The topological polar surface area (TPSA) is 82.7 Å². The molecule has 0 aliphatic carbocycles. The molecule has 0 aliphatic rings. The minimum Gasteiger partial charge on any atom is -0.490 e. The summed E-state index contributed by atoms with van der Waals surface area (Å²) in [6, 6.07) is 11.9.